The van der Waals surface area contributed by atoms with Gasteiger partial charge in [-0.25, -0.2) is 0 Å². The number of rotatable bonds is 4. The standard InChI is InChI=1S/C18H17NO3/c1-13(9-14-5-3-2-4-6-14)18(20)19-11-15-7-8-16-17(10-15)22-12-21-16/h2-10H,11-12H2,1H3,(H,19,20). The second-order valence-corrected chi connectivity index (χ2v) is 5.11. The van der Waals surface area contributed by atoms with Crippen molar-refractivity contribution in [2.75, 3.05) is 6.79 Å². The molecule has 0 radical (unpaired) electrons. The molecule has 22 heavy (non-hydrogen) atoms. The van der Waals surface area contributed by atoms with Crippen LogP contribution in [0, 0.1) is 0 Å². The number of fused-ring (bicyclic) bond motifs is 1. The van der Waals surface area contributed by atoms with Gasteiger partial charge in [0.15, 0.2) is 11.5 Å². The highest BCUT2D eigenvalue weighted by Crippen LogP contribution is 2.32. The first-order valence-corrected chi connectivity index (χ1v) is 7.12. The van der Waals surface area contributed by atoms with E-state index in [2.05, 4.69) is 5.32 Å². The van der Waals surface area contributed by atoms with Crippen molar-refractivity contribution in [3.8, 4) is 11.5 Å². The van der Waals surface area contributed by atoms with Crippen LogP contribution in [0.15, 0.2) is 54.1 Å². The van der Waals surface area contributed by atoms with Gasteiger partial charge in [-0.15, -0.1) is 0 Å². The molecule has 0 spiro atoms. The van der Waals surface area contributed by atoms with Crippen molar-refractivity contribution in [1.29, 1.82) is 0 Å². The number of benzene rings is 2. The number of hydrogen-bond acceptors (Lipinski definition) is 3. The number of carbonyl (C=O) groups is 1. The number of nitrogens with one attached hydrogen (secondary N) is 1. The molecule has 0 saturated heterocycles. The lowest BCUT2D eigenvalue weighted by Crippen LogP contribution is -2.23. The molecule has 0 saturated carbocycles. The van der Waals surface area contributed by atoms with Gasteiger partial charge in [0.1, 0.15) is 0 Å². The van der Waals surface area contributed by atoms with Gasteiger partial charge in [0.05, 0.1) is 0 Å². The van der Waals surface area contributed by atoms with Crippen molar-refractivity contribution in [2.45, 2.75) is 13.5 Å². The minimum Gasteiger partial charge on any atom is -0.454 e. The molecule has 1 aliphatic heterocycles. The summed E-state index contributed by atoms with van der Waals surface area (Å²) in [6.07, 6.45) is 1.87. The average molecular weight is 295 g/mol. The first-order valence-electron chi connectivity index (χ1n) is 7.12. The summed E-state index contributed by atoms with van der Waals surface area (Å²) in [4.78, 5) is 12.1. The summed E-state index contributed by atoms with van der Waals surface area (Å²) in [5.74, 6) is 1.39. The van der Waals surface area contributed by atoms with Gasteiger partial charge in [-0.2, -0.15) is 0 Å². The molecule has 112 valence electrons. The van der Waals surface area contributed by atoms with Gasteiger partial charge in [0, 0.05) is 12.1 Å². The zero-order chi connectivity index (χ0) is 15.4. The van der Waals surface area contributed by atoms with Crippen molar-refractivity contribution < 1.29 is 14.3 Å². The first kappa shape index (κ1) is 14.2. The molecule has 2 aromatic carbocycles. The van der Waals surface area contributed by atoms with Gasteiger partial charge < -0.3 is 14.8 Å². The van der Waals surface area contributed by atoms with Crippen LogP contribution in [0.1, 0.15) is 18.1 Å². The van der Waals surface area contributed by atoms with Crippen LogP contribution in [0.5, 0.6) is 11.5 Å². The maximum atomic E-state index is 12.1. The third-order valence-corrected chi connectivity index (χ3v) is 3.43. The third kappa shape index (κ3) is 3.28. The third-order valence-electron chi connectivity index (χ3n) is 3.43. The molecule has 1 aliphatic rings. The van der Waals surface area contributed by atoms with E-state index in [-0.39, 0.29) is 12.7 Å². The lowest BCUT2D eigenvalue weighted by atomic mass is 10.1. The predicted octanol–water partition coefficient (Wildman–Crippen LogP) is 3.14. The molecule has 4 nitrogen and oxygen atoms in total. The Hall–Kier alpha value is -2.75. The van der Waals surface area contributed by atoms with E-state index in [9.17, 15) is 4.79 Å². The molecule has 2 aromatic rings. The molecule has 3 rings (SSSR count). The Balaban J connectivity index is 1.61. The van der Waals surface area contributed by atoms with Crippen LogP contribution in [-0.4, -0.2) is 12.7 Å². The van der Waals surface area contributed by atoms with E-state index in [0.717, 1.165) is 22.6 Å². The Bertz CT molecular complexity index is 708. The summed E-state index contributed by atoms with van der Waals surface area (Å²) in [5.41, 5.74) is 2.66. The Morgan fingerprint density at radius 1 is 1.14 bits per heavy atom. The lowest BCUT2D eigenvalue weighted by molar-refractivity contribution is -0.117. The predicted molar refractivity (Wildman–Crippen MR) is 84.5 cm³/mol. The smallest absolute Gasteiger partial charge is 0.247 e. The Morgan fingerprint density at radius 2 is 1.91 bits per heavy atom. The Labute approximate surface area is 129 Å². The van der Waals surface area contributed by atoms with Gasteiger partial charge in [-0.05, 0) is 36.3 Å². The zero-order valence-electron chi connectivity index (χ0n) is 12.3. The largest absolute Gasteiger partial charge is 0.454 e. The van der Waals surface area contributed by atoms with Crippen LogP contribution < -0.4 is 14.8 Å². The van der Waals surface area contributed by atoms with Crippen LogP contribution in [0.25, 0.3) is 6.08 Å². The van der Waals surface area contributed by atoms with E-state index in [0.29, 0.717) is 12.1 Å². The molecule has 1 amide bonds. The zero-order valence-corrected chi connectivity index (χ0v) is 12.3. The summed E-state index contributed by atoms with van der Waals surface area (Å²) < 4.78 is 10.6. The number of ether oxygens (including phenoxy) is 2. The first-order chi connectivity index (χ1) is 10.7. The molecule has 0 bridgehead atoms. The van der Waals surface area contributed by atoms with Crippen molar-refractivity contribution in [3.05, 3.63) is 65.2 Å². The fourth-order valence-electron chi connectivity index (χ4n) is 2.24. The lowest BCUT2D eigenvalue weighted by Gasteiger charge is -2.07. The van der Waals surface area contributed by atoms with Crippen molar-refractivity contribution >= 4 is 12.0 Å². The number of carbonyl (C=O) groups excluding carboxylic acids is 1. The van der Waals surface area contributed by atoms with Gasteiger partial charge in [-0.1, -0.05) is 36.4 Å². The molecule has 0 aliphatic carbocycles. The van der Waals surface area contributed by atoms with Crippen LogP contribution in [0.3, 0.4) is 0 Å². The van der Waals surface area contributed by atoms with E-state index in [1.165, 1.54) is 0 Å². The number of amides is 1. The highest BCUT2D eigenvalue weighted by Gasteiger charge is 2.13. The highest BCUT2D eigenvalue weighted by molar-refractivity contribution is 5.97. The summed E-state index contributed by atoms with van der Waals surface area (Å²) in [6.45, 7) is 2.52. The van der Waals surface area contributed by atoms with Crippen LogP contribution in [0.4, 0.5) is 0 Å². The van der Waals surface area contributed by atoms with Gasteiger partial charge in [0.2, 0.25) is 12.7 Å². The van der Waals surface area contributed by atoms with Gasteiger partial charge in [0.25, 0.3) is 0 Å². The van der Waals surface area contributed by atoms with E-state index >= 15 is 0 Å². The monoisotopic (exact) mass is 295 g/mol. The van der Waals surface area contributed by atoms with Crippen LogP contribution in [0.2, 0.25) is 0 Å². The van der Waals surface area contributed by atoms with Crippen molar-refractivity contribution in [1.82, 2.24) is 5.32 Å². The molecule has 1 heterocycles. The number of hydrogen-bond donors (Lipinski definition) is 1. The fraction of sp³-hybridized carbons (Fsp3) is 0.167. The molecule has 0 fully saturated rings. The maximum absolute atomic E-state index is 12.1. The van der Waals surface area contributed by atoms with Crippen LogP contribution >= 0.6 is 0 Å². The Kier molecular flexibility index (Phi) is 4.10. The summed E-state index contributed by atoms with van der Waals surface area (Å²) in [7, 11) is 0. The molecular formula is C18H17NO3. The Morgan fingerprint density at radius 3 is 2.73 bits per heavy atom. The second-order valence-electron chi connectivity index (χ2n) is 5.11. The van der Waals surface area contributed by atoms with E-state index < -0.39 is 0 Å². The summed E-state index contributed by atoms with van der Waals surface area (Å²) >= 11 is 0. The maximum Gasteiger partial charge on any atom is 0.247 e. The van der Waals surface area contributed by atoms with E-state index in [1.807, 2.05) is 61.5 Å². The topological polar surface area (TPSA) is 47.6 Å². The van der Waals surface area contributed by atoms with Gasteiger partial charge in [-0.3, -0.25) is 4.79 Å². The van der Waals surface area contributed by atoms with Crippen LogP contribution in [-0.2, 0) is 11.3 Å². The minimum absolute atomic E-state index is 0.0819. The minimum atomic E-state index is -0.0819. The molecule has 0 unspecified atom stereocenters. The molecular weight excluding hydrogens is 278 g/mol. The SMILES string of the molecule is CC(=Cc1ccccc1)C(=O)NCc1ccc2c(c1)OCO2. The molecule has 0 atom stereocenters. The summed E-state index contributed by atoms with van der Waals surface area (Å²) in [5, 5.41) is 2.91. The van der Waals surface area contributed by atoms with Crippen molar-refractivity contribution in [2.24, 2.45) is 0 Å². The van der Waals surface area contributed by atoms with E-state index in [4.69, 9.17) is 9.47 Å². The second kappa shape index (κ2) is 6.35. The molecule has 0 aromatic heterocycles. The highest BCUT2D eigenvalue weighted by atomic mass is 16.7. The molecule has 1 N–H and O–H groups in total. The quantitative estimate of drug-likeness (QED) is 0.882. The summed E-state index contributed by atoms with van der Waals surface area (Å²) in [6, 6.07) is 15.4. The fourth-order valence-corrected chi connectivity index (χ4v) is 2.24. The normalized spacial score (nSPS) is 13.0. The average Bonchev–Trinajstić information content (AvgIpc) is 3.01. The van der Waals surface area contributed by atoms with Crippen molar-refractivity contribution in [3.63, 3.8) is 0 Å². The molecule has 4 heteroatoms. The van der Waals surface area contributed by atoms with E-state index in [1.54, 1.807) is 0 Å². The van der Waals surface area contributed by atoms with Gasteiger partial charge >= 0.3 is 0 Å².